The number of aryl methyl sites for hydroxylation is 1. The minimum Gasteiger partial charge on any atom is -0.337 e. The van der Waals surface area contributed by atoms with E-state index >= 15 is 0 Å². The number of anilines is 1. The summed E-state index contributed by atoms with van der Waals surface area (Å²) in [5.74, 6) is -0.601. The van der Waals surface area contributed by atoms with Gasteiger partial charge < -0.3 is 5.32 Å². The molecule has 0 saturated carbocycles. The lowest BCUT2D eigenvalue weighted by Gasteiger charge is -2.12. The van der Waals surface area contributed by atoms with Gasteiger partial charge >= 0.3 is 0 Å². The maximum absolute atomic E-state index is 14.2. The van der Waals surface area contributed by atoms with Gasteiger partial charge in [0.15, 0.2) is 5.84 Å². The zero-order valence-electron chi connectivity index (χ0n) is 14.4. The monoisotopic (exact) mass is 402 g/mol. The lowest BCUT2D eigenvalue weighted by molar-refractivity contribution is 0.598. The minimum atomic E-state index is -3.99. The van der Waals surface area contributed by atoms with Crippen LogP contribution in [0, 0.1) is 12.7 Å². The molecule has 0 aromatic heterocycles. The molecule has 27 heavy (non-hydrogen) atoms. The summed E-state index contributed by atoms with van der Waals surface area (Å²) in [7, 11) is -3.99. The SMILES string of the molecule is Cc1ccc(S(=O)(=O)N=C(Nc2ccc(Cl)cc2F)c2ccccc2)cc1. The molecule has 0 aliphatic carbocycles. The molecule has 0 aliphatic rings. The van der Waals surface area contributed by atoms with Crippen molar-refractivity contribution in [2.45, 2.75) is 11.8 Å². The molecule has 0 aliphatic heterocycles. The third kappa shape index (κ3) is 4.72. The standard InChI is InChI=1S/C20H16ClFN2O2S/c1-14-7-10-17(11-8-14)27(25,26)24-20(15-5-3-2-4-6-15)23-19-12-9-16(21)13-18(19)22/h2-13H,1H3,(H,23,24). The minimum absolute atomic E-state index is 0.0115. The molecule has 4 nitrogen and oxygen atoms in total. The molecule has 0 amide bonds. The van der Waals surface area contributed by atoms with Gasteiger partial charge in [0.2, 0.25) is 0 Å². The van der Waals surface area contributed by atoms with Crippen molar-refractivity contribution in [3.8, 4) is 0 Å². The van der Waals surface area contributed by atoms with E-state index < -0.39 is 15.8 Å². The summed E-state index contributed by atoms with van der Waals surface area (Å²) >= 11 is 5.78. The second-order valence-corrected chi connectivity index (χ2v) is 7.88. The van der Waals surface area contributed by atoms with Gasteiger partial charge in [0, 0.05) is 10.6 Å². The van der Waals surface area contributed by atoms with Gasteiger partial charge in [-0.05, 0) is 37.3 Å². The highest BCUT2D eigenvalue weighted by atomic mass is 35.5. The zero-order valence-corrected chi connectivity index (χ0v) is 15.9. The molecule has 0 spiro atoms. The van der Waals surface area contributed by atoms with Crippen LogP contribution in [0.3, 0.4) is 0 Å². The predicted octanol–water partition coefficient (Wildman–Crippen LogP) is 5.04. The number of nitrogens with one attached hydrogen (secondary N) is 1. The van der Waals surface area contributed by atoms with E-state index in [-0.39, 0.29) is 21.4 Å². The highest BCUT2D eigenvalue weighted by molar-refractivity contribution is 7.90. The van der Waals surface area contributed by atoms with Gasteiger partial charge in [-0.1, -0.05) is 59.6 Å². The summed E-state index contributed by atoms with van der Waals surface area (Å²) in [6, 6.07) is 19.1. The van der Waals surface area contributed by atoms with Crippen molar-refractivity contribution in [3.63, 3.8) is 0 Å². The molecule has 3 rings (SSSR count). The Kier molecular flexibility index (Phi) is 5.58. The van der Waals surface area contributed by atoms with Crippen LogP contribution in [0.5, 0.6) is 0 Å². The maximum atomic E-state index is 14.2. The molecule has 0 saturated heterocycles. The molecule has 0 unspecified atom stereocenters. The average Bonchev–Trinajstić information content (AvgIpc) is 2.64. The van der Waals surface area contributed by atoms with E-state index in [1.807, 2.05) is 6.92 Å². The van der Waals surface area contributed by atoms with Crippen LogP contribution in [-0.4, -0.2) is 14.3 Å². The summed E-state index contributed by atoms with van der Waals surface area (Å²) in [5.41, 5.74) is 1.51. The summed E-state index contributed by atoms with van der Waals surface area (Å²) in [5, 5.41) is 3.00. The number of amidine groups is 1. The largest absolute Gasteiger partial charge is 0.337 e. The van der Waals surface area contributed by atoms with Gasteiger partial charge in [-0.25, -0.2) is 4.39 Å². The Hall–Kier alpha value is -2.70. The molecule has 7 heteroatoms. The van der Waals surface area contributed by atoms with Gasteiger partial charge in [-0.15, -0.1) is 4.40 Å². The van der Waals surface area contributed by atoms with E-state index in [0.717, 1.165) is 11.6 Å². The molecule has 138 valence electrons. The Morgan fingerprint density at radius 2 is 1.67 bits per heavy atom. The normalized spacial score (nSPS) is 12.0. The van der Waals surface area contributed by atoms with Crippen LogP contribution in [0.15, 0.2) is 82.1 Å². The van der Waals surface area contributed by atoms with Crippen LogP contribution in [0.2, 0.25) is 5.02 Å². The van der Waals surface area contributed by atoms with E-state index in [4.69, 9.17) is 11.6 Å². The molecule has 0 fully saturated rings. The lowest BCUT2D eigenvalue weighted by atomic mass is 10.2. The summed E-state index contributed by atoms with van der Waals surface area (Å²) in [6.07, 6.45) is 0. The topological polar surface area (TPSA) is 58.5 Å². The summed E-state index contributed by atoms with van der Waals surface area (Å²) in [6.45, 7) is 1.86. The Morgan fingerprint density at radius 1 is 1.00 bits per heavy atom. The van der Waals surface area contributed by atoms with Crippen molar-refractivity contribution in [3.05, 3.63) is 94.8 Å². The third-order valence-electron chi connectivity index (χ3n) is 3.76. The van der Waals surface area contributed by atoms with E-state index in [1.54, 1.807) is 42.5 Å². The van der Waals surface area contributed by atoms with Crippen molar-refractivity contribution in [2.75, 3.05) is 5.32 Å². The number of benzene rings is 3. The maximum Gasteiger partial charge on any atom is 0.284 e. The number of halogens is 2. The van der Waals surface area contributed by atoms with E-state index in [1.165, 1.54) is 24.3 Å². The van der Waals surface area contributed by atoms with Gasteiger partial charge in [0.1, 0.15) is 5.82 Å². The van der Waals surface area contributed by atoms with Crippen LogP contribution in [0.4, 0.5) is 10.1 Å². The van der Waals surface area contributed by atoms with E-state index in [0.29, 0.717) is 5.56 Å². The van der Waals surface area contributed by atoms with E-state index in [2.05, 4.69) is 9.71 Å². The van der Waals surface area contributed by atoms with Crippen molar-refractivity contribution in [2.24, 2.45) is 4.40 Å². The van der Waals surface area contributed by atoms with Crippen molar-refractivity contribution >= 4 is 33.1 Å². The first kappa shape index (κ1) is 19.1. The van der Waals surface area contributed by atoms with Gasteiger partial charge in [0.25, 0.3) is 10.0 Å². The number of hydrogen-bond acceptors (Lipinski definition) is 2. The Balaban J connectivity index is 2.07. The highest BCUT2D eigenvalue weighted by Gasteiger charge is 2.16. The van der Waals surface area contributed by atoms with Gasteiger partial charge in [-0.2, -0.15) is 8.42 Å². The predicted molar refractivity (Wildman–Crippen MR) is 106 cm³/mol. The Labute approximate surface area is 162 Å². The molecule has 0 atom stereocenters. The second-order valence-electron chi connectivity index (χ2n) is 5.84. The lowest BCUT2D eigenvalue weighted by Crippen LogP contribution is -2.17. The zero-order chi connectivity index (χ0) is 19.4. The summed E-state index contributed by atoms with van der Waals surface area (Å²) in [4.78, 5) is 0.0555. The molecule has 0 heterocycles. The highest BCUT2D eigenvalue weighted by Crippen LogP contribution is 2.21. The summed E-state index contributed by atoms with van der Waals surface area (Å²) < 4.78 is 43.5. The average molecular weight is 403 g/mol. The van der Waals surface area contributed by atoms with E-state index in [9.17, 15) is 12.8 Å². The van der Waals surface area contributed by atoms with Crippen LogP contribution in [0.25, 0.3) is 0 Å². The molecule has 0 bridgehead atoms. The molecule has 1 N–H and O–H groups in total. The van der Waals surface area contributed by atoms with Crippen LogP contribution in [0.1, 0.15) is 11.1 Å². The molecule has 3 aromatic carbocycles. The quantitative estimate of drug-likeness (QED) is 0.491. The molecule has 3 aromatic rings. The fourth-order valence-electron chi connectivity index (χ4n) is 2.35. The molecular weight excluding hydrogens is 387 g/mol. The van der Waals surface area contributed by atoms with Crippen LogP contribution >= 0.6 is 11.6 Å². The van der Waals surface area contributed by atoms with Crippen LogP contribution in [-0.2, 0) is 10.0 Å². The second kappa shape index (κ2) is 7.90. The number of sulfonamides is 1. The number of nitrogens with zero attached hydrogens (tertiary/aromatic N) is 1. The Bertz CT molecular complexity index is 1080. The van der Waals surface area contributed by atoms with Crippen molar-refractivity contribution in [1.29, 1.82) is 0 Å². The first-order valence-electron chi connectivity index (χ1n) is 8.04. The first-order valence-corrected chi connectivity index (χ1v) is 9.86. The number of rotatable bonds is 4. The fraction of sp³-hybridized carbons (Fsp3) is 0.0500. The fourth-order valence-corrected chi connectivity index (χ4v) is 3.48. The first-order chi connectivity index (χ1) is 12.8. The van der Waals surface area contributed by atoms with Crippen molar-refractivity contribution < 1.29 is 12.8 Å². The van der Waals surface area contributed by atoms with Gasteiger partial charge in [0.05, 0.1) is 10.6 Å². The number of hydrogen-bond donors (Lipinski definition) is 1. The van der Waals surface area contributed by atoms with Gasteiger partial charge in [-0.3, -0.25) is 0 Å². The third-order valence-corrected chi connectivity index (χ3v) is 5.29. The van der Waals surface area contributed by atoms with Crippen molar-refractivity contribution in [1.82, 2.24) is 0 Å². The molecule has 0 radical (unpaired) electrons. The van der Waals surface area contributed by atoms with Crippen LogP contribution < -0.4 is 5.32 Å². The smallest absolute Gasteiger partial charge is 0.284 e. The Morgan fingerprint density at radius 3 is 2.30 bits per heavy atom. The molecular formula is C20H16ClFN2O2S.